The number of hydrogen-bond acceptors (Lipinski definition) is 15. The summed E-state index contributed by atoms with van der Waals surface area (Å²) in [5, 5.41) is 27.4. The van der Waals surface area contributed by atoms with Crippen molar-refractivity contribution in [1.82, 2.24) is 24.9 Å². The molecule has 17 nitrogen and oxygen atoms in total. The molecule has 2 aromatic heterocycles. The SMILES string of the molecule is CC(C)OC(=O)CCNC(=O)[C@@H]1OP(=O)(OC[C@H]2O[C@@](C#N)(c3cnc4c(N)nc(N)nn34)C(F)(Br)[C@H]2O)OCC1(C)C. The van der Waals surface area contributed by atoms with Gasteiger partial charge in [0.2, 0.25) is 22.0 Å². The number of imidazole rings is 1. The van der Waals surface area contributed by atoms with Gasteiger partial charge in [0, 0.05) is 12.0 Å². The zero-order valence-electron chi connectivity index (χ0n) is 23.5. The molecule has 6 atom stereocenters. The maximum Gasteiger partial charge on any atom is 0.475 e. The van der Waals surface area contributed by atoms with Crippen LogP contribution in [-0.4, -0.2) is 85.3 Å². The first-order valence-electron chi connectivity index (χ1n) is 12.9. The molecule has 1 amide bonds. The molecular weight excluding hydrogens is 662 g/mol. The zero-order valence-corrected chi connectivity index (χ0v) is 26.0. The molecule has 2 unspecified atom stereocenters. The quantitative estimate of drug-likeness (QED) is 0.161. The van der Waals surface area contributed by atoms with Gasteiger partial charge in [-0.1, -0.05) is 13.8 Å². The third-order valence-corrected chi connectivity index (χ3v) is 9.02. The van der Waals surface area contributed by atoms with E-state index in [1.165, 1.54) is 0 Å². The Hall–Kier alpha value is -2.98. The molecule has 2 saturated heterocycles. The van der Waals surface area contributed by atoms with Crippen molar-refractivity contribution in [3.8, 4) is 6.07 Å². The number of hydrogen-bond donors (Lipinski definition) is 4. The summed E-state index contributed by atoms with van der Waals surface area (Å²) in [7, 11) is -4.49. The van der Waals surface area contributed by atoms with Crippen LogP contribution in [-0.2, 0) is 42.8 Å². The third kappa shape index (κ3) is 6.18. The Morgan fingerprint density at radius 2 is 2.12 bits per heavy atom. The van der Waals surface area contributed by atoms with Crippen molar-refractivity contribution < 1.29 is 46.7 Å². The highest BCUT2D eigenvalue weighted by molar-refractivity contribution is 9.10. The molecular formula is C23H31BrFN8O9P. The molecule has 2 aliphatic heterocycles. The summed E-state index contributed by atoms with van der Waals surface area (Å²) in [6, 6.07) is 1.70. The van der Waals surface area contributed by atoms with Gasteiger partial charge in [0.1, 0.15) is 24.0 Å². The van der Waals surface area contributed by atoms with Gasteiger partial charge in [-0.25, -0.2) is 18.5 Å². The summed E-state index contributed by atoms with van der Waals surface area (Å²) in [5.41, 5.74) is 7.55. The lowest BCUT2D eigenvalue weighted by molar-refractivity contribution is -0.147. The molecule has 2 aliphatic rings. The molecule has 20 heteroatoms. The fraction of sp³-hybridized carbons (Fsp3) is 0.652. The Morgan fingerprint density at radius 3 is 2.77 bits per heavy atom. The predicted molar refractivity (Wildman–Crippen MR) is 148 cm³/mol. The molecule has 2 fully saturated rings. The number of nitrogens with zero attached hydrogens (tertiary/aromatic N) is 5. The van der Waals surface area contributed by atoms with Crippen LogP contribution in [0.2, 0.25) is 0 Å². The van der Waals surface area contributed by atoms with Crippen LogP contribution in [0.15, 0.2) is 6.20 Å². The first kappa shape index (κ1) is 32.9. The number of phosphoric ester groups is 1. The fourth-order valence-electron chi connectivity index (χ4n) is 4.45. The number of alkyl halides is 2. The minimum atomic E-state index is -4.49. The number of aromatic nitrogens is 4. The van der Waals surface area contributed by atoms with E-state index in [1.54, 1.807) is 33.8 Å². The second kappa shape index (κ2) is 11.8. The summed E-state index contributed by atoms with van der Waals surface area (Å²) < 4.78 is 54.4. The third-order valence-electron chi connectivity index (χ3n) is 6.61. The number of halogens is 2. The lowest BCUT2D eigenvalue weighted by Crippen LogP contribution is -2.50. The van der Waals surface area contributed by atoms with E-state index in [2.05, 4.69) is 36.3 Å². The largest absolute Gasteiger partial charge is 0.475 e. The summed E-state index contributed by atoms with van der Waals surface area (Å²) in [5.74, 6) is -1.67. The maximum absolute atomic E-state index is 16.1. The van der Waals surface area contributed by atoms with E-state index >= 15 is 4.39 Å². The van der Waals surface area contributed by atoms with Crippen molar-refractivity contribution in [2.75, 3.05) is 31.2 Å². The molecule has 4 rings (SSSR count). The number of carbonyl (C=O) groups excluding carboxylic acids is 2. The van der Waals surface area contributed by atoms with Gasteiger partial charge >= 0.3 is 13.8 Å². The van der Waals surface area contributed by atoms with E-state index in [1.807, 2.05) is 0 Å². The zero-order chi connectivity index (χ0) is 32.0. The highest BCUT2D eigenvalue weighted by atomic mass is 79.9. The molecule has 43 heavy (non-hydrogen) atoms. The number of fused-ring (bicyclic) bond motifs is 1. The normalized spacial score (nSPS) is 32.0. The summed E-state index contributed by atoms with van der Waals surface area (Å²) in [6.45, 7) is 5.51. The van der Waals surface area contributed by atoms with Gasteiger partial charge in [-0.15, -0.1) is 5.10 Å². The smallest absolute Gasteiger partial charge is 0.463 e. The van der Waals surface area contributed by atoms with E-state index in [0.29, 0.717) is 0 Å². The number of aliphatic hydroxyl groups excluding tert-OH is 1. The lowest BCUT2D eigenvalue weighted by Gasteiger charge is -2.39. The number of ether oxygens (including phenoxy) is 2. The van der Waals surface area contributed by atoms with Crippen LogP contribution < -0.4 is 16.8 Å². The van der Waals surface area contributed by atoms with Gasteiger partial charge in [-0.3, -0.25) is 23.2 Å². The molecule has 0 aromatic carbocycles. The summed E-state index contributed by atoms with van der Waals surface area (Å²) in [6.07, 6.45) is -4.41. The van der Waals surface area contributed by atoms with Gasteiger partial charge in [-0.05, 0) is 29.8 Å². The number of nitrogens with one attached hydrogen (secondary N) is 1. The molecule has 0 bridgehead atoms. The second-order valence-corrected chi connectivity index (χ2v) is 13.6. The molecule has 0 spiro atoms. The average Bonchev–Trinajstić information content (AvgIpc) is 3.41. The Labute approximate surface area is 253 Å². The van der Waals surface area contributed by atoms with E-state index in [0.717, 1.165) is 10.7 Å². The number of carbonyl (C=O) groups is 2. The number of amides is 1. The summed E-state index contributed by atoms with van der Waals surface area (Å²) in [4.78, 5) is 32.4. The molecule has 6 N–H and O–H groups in total. The van der Waals surface area contributed by atoms with Crippen LogP contribution in [0.4, 0.5) is 16.2 Å². The Balaban J connectivity index is 1.49. The van der Waals surface area contributed by atoms with Crippen LogP contribution in [0, 0.1) is 16.7 Å². The lowest BCUT2D eigenvalue weighted by atomic mass is 9.87. The first-order valence-corrected chi connectivity index (χ1v) is 15.2. The van der Waals surface area contributed by atoms with Crippen LogP contribution in [0.1, 0.15) is 39.8 Å². The van der Waals surface area contributed by atoms with E-state index in [4.69, 9.17) is 34.5 Å². The van der Waals surface area contributed by atoms with Crippen molar-refractivity contribution in [2.24, 2.45) is 5.41 Å². The van der Waals surface area contributed by atoms with Crippen LogP contribution in [0.3, 0.4) is 0 Å². The molecule has 0 aliphatic carbocycles. The number of aliphatic hydroxyl groups is 1. The standard InChI is InChI=1S/C23H31BrFN8O9P/c1-11(2)40-14(34)5-6-29-19(36)16-21(3,4)10-39-43(37,42-16)38-8-12-15(35)23(24,25)22(9-26,41-12)13-7-30-18-17(27)31-20(28)32-33(13)18/h7,11-12,15-16,35H,5-6,8,10H2,1-4H3,(H,29,36)(H4,27,28,31,32)/t12-,15+,16+,22+,23?,43?/m1/s1. The number of anilines is 2. The molecule has 4 heterocycles. The number of nitrogens with two attached hydrogens (primary N) is 2. The average molecular weight is 693 g/mol. The highest BCUT2D eigenvalue weighted by Gasteiger charge is 2.69. The van der Waals surface area contributed by atoms with Gasteiger partial charge in [0.05, 0.1) is 31.9 Å². The molecule has 236 valence electrons. The maximum atomic E-state index is 16.1. The number of phosphoric acid groups is 1. The number of nitriles is 1. The number of nitrogen functional groups attached to an aromatic ring is 2. The van der Waals surface area contributed by atoms with Gasteiger partial charge in [0.15, 0.2) is 17.6 Å². The van der Waals surface area contributed by atoms with E-state index in [-0.39, 0.29) is 48.8 Å². The van der Waals surface area contributed by atoms with E-state index in [9.17, 15) is 24.5 Å². The Bertz CT molecular complexity index is 1500. The minimum absolute atomic E-state index is 0.0582. The van der Waals surface area contributed by atoms with Crippen LogP contribution >= 0.6 is 23.8 Å². The first-order chi connectivity index (χ1) is 20.0. The van der Waals surface area contributed by atoms with Gasteiger partial charge < -0.3 is 31.4 Å². The molecule has 0 radical (unpaired) electrons. The Kier molecular flexibility index (Phi) is 9.07. The van der Waals surface area contributed by atoms with Crippen LogP contribution in [0.5, 0.6) is 0 Å². The van der Waals surface area contributed by atoms with Crippen molar-refractivity contribution in [1.29, 1.82) is 5.26 Å². The van der Waals surface area contributed by atoms with Gasteiger partial charge in [-0.2, -0.15) is 10.2 Å². The van der Waals surface area contributed by atoms with E-state index < -0.39 is 60.2 Å². The minimum Gasteiger partial charge on any atom is -0.463 e. The monoisotopic (exact) mass is 692 g/mol. The van der Waals surface area contributed by atoms with Crippen molar-refractivity contribution >= 4 is 53.0 Å². The number of esters is 1. The second-order valence-electron chi connectivity index (χ2n) is 10.8. The van der Waals surface area contributed by atoms with Crippen molar-refractivity contribution in [3.63, 3.8) is 0 Å². The van der Waals surface area contributed by atoms with Crippen LogP contribution in [0.25, 0.3) is 5.65 Å². The van der Waals surface area contributed by atoms with Crippen molar-refractivity contribution in [2.45, 2.75) is 68.7 Å². The summed E-state index contributed by atoms with van der Waals surface area (Å²) >= 11 is 2.76. The highest BCUT2D eigenvalue weighted by Crippen LogP contribution is 2.59. The van der Waals surface area contributed by atoms with Crippen molar-refractivity contribution in [3.05, 3.63) is 11.9 Å². The fourth-order valence-corrected chi connectivity index (χ4v) is 6.78. The topological polar surface area (TPSA) is 249 Å². The Morgan fingerprint density at radius 1 is 1.42 bits per heavy atom. The predicted octanol–water partition coefficient (Wildman–Crippen LogP) is 0.852. The number of rotatable bonds is 9. The van der Waals surface area contributed by atoms with Gasteiger partial charge in [0.25, 0.3) is 0 Å². The molecule has 0 saturated carbocycles. The molecule has 2 aromatic rings.